The van der Waals surface area contributed by atoms with E-state index in [1.807, 2.05) is 0 Å². The molecule has 0 saturated carbocycles. The summed E-state index contributed by atoms with van der Waals surface area (Å²) in [4.78, 5) is 29.1. The predicted octanol–water partition coefficient (Wildman–Crippen LogP) is 2.64. The van der Waals surface area contributed by atoms with E-state index in [1.165, 1.54) is 35.7 Å². The third-order valence-corrected chi connectivity index (χ3v) is 7.33. The Morgan fingerprint density at radius 2 is 2.06 bits per heavy atom. The molecule has 2 aromatic carbocycles. The minimum Gasteiger partial charge on any atom is -0.449 e. The maximum absolute atomic E-state index is 13.4. The van der Waals surface area contributed by atoms with Gasteiger partial charge in [-0.15, -0.1) is 4.40 Å². The molecule has 0 aromatic heterocycles. The molecular weight excluding hydrogens is 457 g/mol. The van der Waals surface area contributed by atoms with Crippen LogP contribution in [0.5, 0.6) is 0 Å². The molecule has 2 heterocycles. The monoisotopic (exact) mass is 477 g/mol. The molecule has 168 valence electrons. The highest BCUT2D eigenvalue weighted by molar-refractivity contribution is 8.15. The molecule has 0 spiro atoms. The summed E-state index contributed by atoms with van der Waals surface area (Å²) in [6.45, 7) is 1.95. The number of esters is 1. The van der Waals surface area contributed by atoms with Gasteiger partial charge in [-0.25, -0.2) is 17.6 Å². The van der Waals surface area contributed by atoms with Crippen LogP contribution in [0.2, 0.25) is 0 Å². The Bertz CT molecular complexity index is 1230. The van der Waals surface area contributed by atoms with E-state index in [0.29, 0.717) is 22.2 Å². The van der Waals surface area contributed by atoms with Crippen molar-refractivity contribution in [2.24, 2.45) is 4.40 Å². The number of rotatable bonds is 5. The lowest BCUT2D eigenvalue weighted by molar-refractivity contribution is -0.139. The first-order chi connectivity index (χ1) is 15.1. The van der Waals surface area contributed by atoms with E-state index in [1.54, 1.807) is 42.3 Å². The highest BCUT2D eigenvalue weighted by atomic mass is 32.2. The standard InChI is InChI=1S/C21H20FN3O5S2/c1-13(19(26)24(2)12-14-4-3-5-16(22)10-14)30-20(27)15-6-7-17-18(11-15)31-21-23-32(28,29)9-8-25(17)21/h3-7,10-11,13H,8-9,12H2,1-2H3. The van der Waals surface area contributed by atoms with Crippen LogP contribution in [0.3, 0.4) is 0 Å². The molecule has 1 unspecified atom stereocenters. The molecule has 8 nitrogen and oxygen atoms in total. The second-order valence-electron chi connectivity index (χ2n) is 7.47. The number of hydrogen-bond acceptors (Lipinski definition) is 7. The predicted molar refractivity (Wildman–Crippen MR) is 119 cm³/mol. The number of thioether (sulfide) groups is 1. The Morgan fingerprint density at radius 3 is 2.81 bits per heavy atom. The smallest absolute Gasteiger partial charge is 0.338 e. The number of halogens is 1. The number of amides is 1. The molecule has 2 aliphatic rings. The quantitative estimate of drug-likeness (QED) is 0.611. The molecule has 0 fully saturated rings. The largest absolute Gasteiger partial charge is 0.449 e. The van der Waals surface area contributed by atoms with Gasteiger partial charge in [-0.3, -0.25) is 4.79 Å². The van der Waals surface area contributed by atoms with Crippen LogP contribution < -0.4 is 4.90 Å². The first kappa shape index (κ1) is 22.3. The molecule has 4 rings (SSSR count). The minimum absolute atomic E-state index is 0.0664. The van der Waals surface area contributed by atoms with Crippen LogP contribution in [0.1, 0.15) is 22.8 Å². The van der Waals surface area contributed by atoms with Crippen molar-refractivity contribution in [3.8, 4) is 0 Å². The molecule has 2 aliphatic heterocycles. The Kier molecular flexibility index (Phi) is 5.95. The summed E-state index contributed by atoms with van der Waals surface area (Å²) in [5.41, 5.74) is 1.64. The maximum Gasteiger partial charge on any atom is 0.338 e. The second kappa shape index (κ2) is 8.55. The zero-order valence-electron chi connectivity index (χ0n) is 17.3. The molecule has 0 N–H and O–H groups in total. The van der Waals surface area contributed by atoms with Crippen LogP contribution >= 0.6 is 11.8 Å². The summed E-state index contributed by atoms with van der Waals surface area (Å²) in [5, 5.41) is 0.360. The first-order valence-electron chi connectivity index (χ1n) is 9.75. The van der Waals surface area contributed by atoms with Gasteiger partial charge in [0.1, 0.15) is 5.82 Å². The Hall–Kier alpha value is -2.92. The Balaban J connectivity index is 1.42. The summed E-state index contributed by atoms with van der Waals surface area (Å²) in [5.74, 6) is -1.55. The van der Waals surface area contributed by atoms with Crippen molar-refractivity contribution in [2.45, 2.75) is 24.5 Å². The Morgan fingerprint density at radius 1 is 1.28 bits per heavy atom. The number of benzene rings is 2. The summed E-state index contributed by atoms with van der Waals surface area (Å²) >= 11 is 1.17. The summed E-state index contributed by atoms with van der Waals surface area (Å²) in [6.07, 6.45) is -1.04. The van der Waals surface area contributed by atoms with Crippen LogP contribution in [0.15, 0.2) is 51.8 Å². The maximum atomic E-state index is 13.4. The summed E-state index contributed by atoms with van der Waals surface area (Å²) < 4.78 is 45.9. The number of amidine groups is 1. The third-order valence-electron chi connectivity index (χ3n) is 5.03. The van der Waals surface area contributed by atoms with Crippen molar-refractivity contribution in [3.63, 3.8) is 0 Å². The molecule has 0 bridgehead atoms. The van der Waals surface area contributed by atoms with Crippen LogP contribution in [0, 0.1) is 5.82 Å². The normalized spacial score (nSPS) is 17.1. The van der Waals surface area contributed by atoms with Gasteiger partial charge < -0.3 is 14.5 Å². The van der Waals surface area contributed by atoms with Crippen LogP contribution in [0.4, 0.5) is 10.1 Å². The number of carbonyl (C=O) groups excluding carboxylic acids is 2. The number of likely N-dealkylation sites (N-methyl/N-ethyl adjacent to an activating group) is 1. The van der Waals surface area contributed by atoms with Crippen molar-refractivity contribution >= 4 is 44.5 Å². The van der Waals surface area contributed by atoms with Gasteiger partial charge in [-0.05, 0) is 54.6 Å². The van der Waals surface area contributed by atoms with Gasteiger partial charge in [0.15, 0.2) is 11.3 Å². The lowest BCUT2D eigenvalue weighted by atomic mass is 10.2. The lowest BCUT2D eigenvalue weighted by Gasteiger charge is -2.22. The summed E-state index contributed by atoms with van der Waals surface area (Å²) in [7, 11) is -1.92. The summed E-state index contributed by atoms with van der Waals surface area (Å²) in [6, 6.07) is 10.8. The van der Waals surface area contributed by atoms with Gasteiger partial charge >= 0.3 is 5.97 Å². The molecule has 2 aromatic rings. The number of hydrogen-bond donors (Lipinski definition) is 0. The average Bonchev–Trinajstić information content (AvgIpc) is 3.08. The molecule has 0 radical (unpaired) electrons. The number of carbonyl (C=O) groups is 2. The minimum atomic E-state index is -3.47. The second-order valence-corrected chi connectivity index (χ2v) is 10.2. The van der Waals surface area contributed by atoms with E-state index in [-0.39, 0.29) is 17.9 Å². The van der Waals surface area contributed by atoms with E-state index < -0.39 is 33.8 Å². The molecule has 32 heavy (non-hydrogen) atoms. The number of ether oxygens (including phenoxy) is 1. The van der Waals surface area contributed by atoms with E-state index in [9.17, 15) is 22.4 Å². The van der Waals surface area contributed by atoms with Crippen molar-refractivity contribution in [2.75, 3.05) is 24.2 Å². The van der Waals surface area contributed by atoms with Gasteiger partial charge in [-0.1, -0.05) is 12.1 Å². The fourth-order valence-electron chi connectivity index (χ4n) is 3.43. The van der Waals surface area contributed by atoms with Gasteiger partial charge in [0, 0.05) is 25.0 Å². The fraction of sp³-hybridized carbons (Fsp3) is 0.286. The van der Waals surface area contributed by atoms with Gasteiger partial charge in [0.25, 0.3) is 15.9 Å². The van der Waals surface area contributed by atoms with Crippen molar-refractivity contribution in [1.29, 1.82) is 0 Å². The first-order valence-corrected chi connectivity index (χ1v) is 12.2. The van der Waals surface area contributed by atoms with Gasteiger partial charge in [-0.2, -0.15) is 0 Å². The Labute approximate surface area is 189 Å². The van der Waals surface area contributed by atoms with Gasteiger partial charge in [0.2, 0.25) is 0 Å². The SMILES string of the molecule is CC(OC(=O)c1ccc2c(c1)SC1=NS(=O)(=O)CCN12)C(=O)N(C)Cc1cccc(F)c1. The number of anilines is 1. The number of nitrogens with zero attached hydrogens (tertiary/aromatic N) is 3. The molecule has 1 atom stereocenters. The zero-order chi connectivity index (χ0) is 23.0. The number of sulfonamides is 1. The third kappa shape index (κ3) is 4.63. The van der Waals surface area contributed by atoms with E-state index in [0.717, 1.165) is 5.69 Å². The van der Waals surface area contributed by atoms with Crippen LogP contribution in [0.25, 0.3) is 0 Å². The van der Waals surface area contributed by atoms with Crippen molar-refractivity contribution in [1.82, 2.24) is 4.90 Å². The van der Waals surface area contributed by atoms with E-state index >= 15 is 0 Å². The lowest BCUT2D eigenvalue weighted by Crippen LogP contribution is -2.37. The average molecular weight is 478 g/mol. The van der Waals surface area contributed by atoms with Crippen LogP contribution in [-0.4, -0.2) is 55.8 Å². The highest BCUT2D eigenvalue weighted by Crippen LogP contribution is 2.42. The van der Waals surface area contributed by atoms with Crippen LogP contribution in [-0.2, 0) is 26.1 Å². The van der Waals surface area contributed by atoms with Gasteiger partial charge in [0.05, 0.1) is 17.0 Å². The molecule has 0 saturated heterocycles. The molecule has 11 heteroatoms. The number of fused-ring (bicyclic) bond motifs is 3. The van der Waals surface area contributed by atoms with Crippen molar-refractivity contribution < 1.29 is 27.1 Å². The molecule has 1 amide bonds. The zero-order valence-corrected chi connectivity index (χ0v) is 19.0. The molecular formula is C21H20FN3O5S2. The molecule has 0 aliphatic carbocycles. The topological polar surface area (TPSA) is 96.3 Å². The van der Waals surface area contributed by atoms with E-state index in [4.69, 9.17) is 4.74 Å². The highest BCUT2D eigenvalue weighted by Gasteiger charge is 2.34. The fourth-order valence-corrected chi connectivity index (χ4v) is 5.73. The van der Waals surface area contributed by atoms with E-state index in [2.05, 4.69) is 4.40 Å². The van der Waals surface area contributed by atoms with Crippen molar-refractivity contribution in [3.05, 3.63) is 59.4 Å².